The van der Waals surface area contributed by atoms with Gasteiger partial charge in [0.25, 0.3) is 0 Å². The summed E-state index contributed by atoms with van der Waals surface area (Å²) in [4.78, 5) is 0. The summed E-state index contributed by atoms with van der Waals surface area (Å²) in [6.07, 6.45) is 0. The van der Waals surface area contributed by atoms with Crippen LogP contribution in [0.15, 0.2) is 0 Å². The van der Waals surface area contributed by atoms with E-state index >= 15 is 0 Å². The van der Waals surface area contributed by atoms with E-state index in [0.29, 0.717) is 0 Å². The molecule has 0 saturated carbocycles. The van der Waals surface area contributed by atoms with Crippen molar-refractivity contribution in [2.45, 2.75) is 0 Å². The van der Waals surface area contributed by atoms with Crippen molar-refractivity contribution >= 4 is 0 Å². The summed E-state index contributed by atoms with van der Waals surface area (Å²) in [6, 6.07) is 0. The minimum Gasteiger partial charge on any atom is -0.183 e. The molecule has 38 valence electrons. The topological polar surface area (TPSA) is 89.4 Å². The maximum Gasteiger partial charge on any atom is 0.0777 e. The molecule has 0 rings (SSSR count). The van der Waals surface area contributed by atoms with E-state index in [1.165, 1.54) is 0 Å². The Morgan fingerprint density at radius 2 is 1.17 bits per heavy atom. The number of rotatable bonds is 0. The van der Waals surface area contributed by atoms with Gasteiger partial charge in [-0.25, -0.2) is 0 Å². The van der Waals surface area contributed by atoms with Gasteiger partial charge in [0.1, 0.15) is 0 Å². The fraction of sp³-hybridized carbons (Fsp3) is 0. The third-order valence-corrected chi connectivity index (χ3v) is 0. The molecule has 4 nitrogen and oxygen atoms in total. The molecule has 0 aliphatic carbocycles. The van der Waals surface area contributed by atoms with Crippen LogP contribution in [-0.4, -0.2) is 4.66 Å². The molecule has 0 aromatic rings. The second-order valence-electron chi connectivity index (χ2n) is 0.396. The minimum absolute atomic E-state index is 0. The number of hydrogen-bond acceptors (Lipinski definition) is 4. The van der Waals surface area contributed by atoms with Crippen LogP contribution in [0.25, 0.3) is 0 Å². The summed E-state index contributed by atoms with van der Waals surface area (Å²) in [7, 11) is -4.69. The Labute approximate surface area is 46.9 Å². The molecule has 0 fully saturated rings. The van der Waals surface area contributed by atoms with Gasteiger partial charge in [0, 0.05) is 17.4 Å². The standard InChI is InChI=1S/ClHO4.Cr/c2-1(3,4)5;/h(H,2,3,4,5);. The molecule has 0 aromatic carbocycles. The molecule has 0 unspecified atom stereocenters. The predicted octanol–water partition coefficient (Wildman–Crippen LogP) is -4.13. The van der Waals surface area contributed by atoms with Crippen LogP contribution in [0.2, 0.25) is 0 Å². The molecule has 0 aliphatic heterocycles. The molecule has 0 spiro atoms. The molecule has 1 N–H and O–H groups in total. The summed E-state index contributed by atoms with van der Waals surface area (Å²) in [5, 5.41) is 0. The molecule has 0 radical (unpaired) electrons. The second kappa shape index (κ2) is 2.77. The van der Waals surface area contributed by atoms with Crippen molar-refractivity contribution in [1.82, 2.24) is 0 Å². The monoisotopic (exact) mass is 152 g/mol. The third-order valence-electron chi connectivity index (χ3n) is 0. The van der Waals surface area contributed by atoms with Crippen LogP contribution in [0.3, 0.4) is 0 Å². The van der Waals surface area contributed by atoms with Gasteiger partial charge >= 0.3 is 0 Å². The maximum atomic E-state index is 8.60. The van der Waals surface area contributed by atoms with Gasteiger partial charge in [-0.2, -0.15) is 14.0 Å². The number of halogens is 1. The van der Waals surface area contributed by atoms with E-state index in [1.807, 2.05) is 0 Å². The summed E-state index contributed by atoms with van der Waals surface area (Å²) >= 11 is 0. The van der Waals surface area contributed by atoms with E-state index in [9.17, 15) is 0 Å². The van der Waals surface area contributed by atoms with Crippen LogP contribution in [0.4, 0.5) is 0 Å². The SMILES string of the molecule is [Cr].[O-][Cl+3]([O-])([O-])O. The van der Waals surface area contributed by atoms with Crippen molar-refractivity contribution in [3.8, 4) is 0 Å². The van der Waals surface area contributed by atoms with Crippen molar-refractivity contribution in [3.63, 3.8) is 0 Å². The number of hydrogen-bond donors (Lipinski definition) is 1. The normalized spacial score (nSPS) is 10.0. The second-order valence-corrected chi connectivity index (χ2v) is 1.19. The molecule has 6 heteroatoms. The van der Waals surface area contributed by atoms with Gasteiger partial charge in [0.15, 0.2) is 0 Å². The first-order valence-corrected chi connectivity index (χ1v) is 1.90. The zero-order chi connectivity index (χ0) is 4.50. The molecule has 0 bridgehead atoms. The van der Waals surface area contributed by atoms with Gasteiger partial charge < -0.3 is 0 Å². The molecule has 0 amide bonds. The smallest absolute Gasteiger partial charge is 0.0777 e. The van der Waals surface area contributed by atoms with Crippen LogP contribution >= 0.6 is 0 Å². The van der Waals surface area contributed by atoms with Crippen LogP contribution in [0, 0.1) is 10.2 Å². The molecule has 0 aliphatic rings. The Morgan fingerprint density at radius 1 is 1.17 bits per heavy atom. The Bertz CT molecular complexity index is 23.0. The zero-order valence-electron chi connectivity index (χ0n) is 2.46. The summed E-state index contributed by atoms with van der Waals surface area (Å²) in [5.74, 6) is 0. The average molecular weight is 152 g/mol. The molecule has 0 heterocycles. The van der Waals surface area contributed by atoms with Crippen molar-refractivity contribution in [2.24, 2.45) is 0 Å². The van der Waals surface area contributed by atoms with Gasteiger partial charge in [-0.15, -0.1) is 0 Å². The van der Waals surface area contributed by atoms with E-state index in [0.717, 1.165) is 0 Å². The van der Waals surface area contributed by atoms with Gasteiger partial charge in [0.2, 0.25) is 0 Å². The van der Waals surface area contributed by atoms with Crippen molar-refractivity contribution in [1.29, 1.82) is 0 Å². The fourth-order valence-corrected chi connectivity index (χ4v) is 0. The largest absolute Gasteiger partial charge is 0.183 e. The van der Waals surface area contributed by atoms with E-state index in [1.54, 1.807) is 0 Å². The first-order chi connectivity index (χ1) is 2.00. The Balaban J connectivity index is 0. The Kier molecular flexibility index (Phi) is 4.54. The van der Waals surface area contributed by atoms with Crippen LogP contribution < -0.4 is 14.0 Å². The summed E-state index contributed by atoms with van der Waals surface area (Å²) in [5.41, 5.74) is 0. The quantitative estimate of drug-likeness (QED) is 0.382. The van der Waals surface area contributed by atoms with Crippen LogP contribution in [0.1, 0.15) is 0 Å². The maximum absolute atomic E-state index is 8.60. The van der Waals surface area contributed by atoms with Crippen molar-refractivity contribution in [3.05, 3.63) is 0 Å². The first kappa shape index (κ1) is 9.83. The summed E-state index contributed by atoms with van der Waals surface area (Å²) in [6.45, 7) is 0. The van der Waals surface area contributed by atoms with Gasteiger partial charge in [-0.1, -0.05) is 0 Å². The molecule has 0 atom stereocenters. The summed E-state index contributed by atoms with van der Waals surface area (Å²) < 4.78 is 32.7. The van der Waals surface area contributed by atoms with E-state index < -0.39 is 10.2 Å². The molecule has 0 saturated heterocycles. The molecule has 0 aromatic heterocycles. The zero-order valence-corrected chi connectivity index (χ0v) is 4.49. The van der Waals surface area contributed by atoms with Crippen molar-refractivity contribution < 1.29 is 46.2 Å². The van der Waals surface area contributed by atoms with Crippen LogP contribution in [0.5, 0.6) is 0 Å². The molecule has 6 heavy (non-hydrogen) atoms. The van der Waals surface area contributed by atoms with E-state index in [2.05, 4.69) is 0 Å². The average Bonchev–Trinajstić information content (AvgIpc) is 0.722. The van der Waals surface area contributed by atoms with E-state index in [4.69, 9.17) is 18.6 Å². The van der Waals surface area contributed by atoms with Gasteiger partial charge in [-0.05, 0) is 0 Å². The molecular formula is HClCrO4. The van der Waals surface area contributed by atoms with Gasteiger partial charge in [-0.3, -0.25) is 0 Å². The predicted molar refractivity (Wildman–Crippen MR) is 2.22 cm³/mol. The Hall–Kier alpha value is 0.662. The van der Waals surface area contributed by atoms with E-state index in [-0.39, 0.29) is 17.4 Å². The van der Waals surface area contributed by atoms with Crippen LogP contribution in [-0.2, 0) is 17.4 Å². The fourth-order valence-electron chi connectivity index (χ4n) is 0. The first-order valence-electron chi connectivity index (χ1n) is 0.632. The van der Waals surface area contributed by atoms with Gasteiger partial charge in [0.05, 0.1) is 14.9 Å². The minimum atomic E-state index is -4.69. The Morgan fingerprint density at radius 3 is 1.17 bits per heavy atom. The van der Waals surface area contributed by atoms with Crippen molar-refractivity contribution in [2.75, 3.05) is 0 Å². The molecular weight excluding hydrogens is 151 g/mol. The third kappa shape index (κ3) is 143.